The maximum absolute atomic E-state index is 14.3. The fourth-order valence-corrected chi connectivity index (χ4v) is 4.67. The molecule has 4 aromatic rings. The van der Waals surface area contributed by atoms with E-state index in [0.717, 1.165) is 6.07 Å². The first-order chi connectivity index (χ1) is 15.7. The molecule has 166 valence electrons. The Balaban J connectivity index is 1.84. The maximum atomic E-state index is 14.3. The molecule has 0 aliphatic heterocycles. The van der Waals surface area contributed by atoms with Gasteiger partial charge in [0, 0.05) is 23.7 Å². The molecule has 8 nitrogen and oxygen atoms in total. The van der Waals surface area contributed by atoms with Crippen LogP contribution in [0.1, 0.15) is 5.69 Å². The number of pyridine rings is 2. The standard InChI is InChI=1S/C22H14BrFN4O4S/c1-32-21-10-17(23)18(24)11-20(21)28-19-4-3-16(8-13(19)2-5-22(28)29)33(30,31)27-14-6-7-26-15(9-14)12-25/h2-11H,1H3,(H,26,27). The van der Waals surface area contributed by atoms with Crippen LogP contribution in [0.5, 0.6) is 5.75 Å². The highest BCUT2D eigenvalue weighted by molar-refractivity contribution is 9.10. The molecular formula is C22H14BrFN4O4S. The van der Waals surface area contributed by atoms with Gasteiger partial charge in [0.2, 0.25) is 0 Å². The fraction of sp³-hybridized carbons (Fsp3) is 0.0455. The van der Waals surface area contributed by atoms with Crippen LogP contribution in [0.4, 0.5) is 10.1 Å². The average Bonchev–Trinajstić information content (AvgIpc) is 2.80. The summed E-state index contributed by atoms with van der Waals surface area (Å²) >= 11 is 3.09. The molecule has 0 unspecified atom stereocenters. The minimum absolute atomic E-state index is 0.0633. The summed E-state index contributed by atoms with van der Waals surface area (Å²) in [5.74, 6) is -0.339. The largest absolute Gasteiger partial charge is 0.495 e. The van der Waals surface area contributed by atoms with Crippen molar-refractivity contribution < 1.29 is 17.5 Å². The summed E-state index contributed by atoms with van der Waals surface area (Å²) in [4.78, 5) is 16.4. The zero-order valence-corrected chi connectivity index (χ0v) is 19.3. The third-order valence-electron chi connectivity index (χ3n) is 4.77. The zero-order valence-electron chi connectivity index (χ0n) is 16.9. The Bertz CT molecular complexity index is 1610. The van der Waals surface area contributed by atoms with E-state index in [9.17, 15) is 17.6 Å². The van der Waals surface area contributed by atoms with Crippen LogP contribution in [-0.2, 0) is 10.0 Å². The number of nitrogens with one attached hydrogen (secondary N) is 1. The number of fused-ring (bicyclic) bond motifs is 1. The van der Waals surface area contributed by atoms with E-state index in [2.05, 4.69) is 25.6 Å². The number of aromatic nitrogens is 2. The molecule has 0 saturated carbocycles. The molecule has 2 aromatic heterocycles. The molecule has 0 atom stereocenters. The van der Waals surface area contributed by atoms with E-state index < -0.39 is 21.4 Å². The number of hydrogen-bond donors (Lipinski definition) is 1. The van der Waals surface area contributed by atoms with Crippen molar-refractivity contribution in [1.82, 2.24) is 9.55 Å². The van der Waals surface area contributed by atoms with Gasteiger partial charge in [0.1, 0.15) is 23.3 Å². The first kappa shape index (κ1) is 22.4. The molecule has 4 rings (SSSR count). The van der Waals surface area contributed by atoms with Crippen LogP contribution in [0.25, 0.3) is 16.6 Å². The van der Waals surface area contributed by atoms with Gasteiger partial charge < -0.3 is 4.74 Å². The van der Waals surface area contributed by atoms with Gasteiger partial charge in [0.05, 0.1) is 33.4 Å². The number of benzene rings is 2. The van der Waals surface area contributed by atoms with Crippen molar-refractivity contribution in [3.8, 4) is 17.5 Å². The van der Waals surface area contributed by atoms with Gasteiger partial charge >= 0.3 is 0 Å². The Morgan fingerprint density at radius 3 is 2.67 bits per heavy atom. The minimum Gasteiger partial charge on any atom is -0.495 e. The predicted octanol–water partition coefficient (Wildman–Crippen LogP) is 3.97. The number of methoxy groups -OCH3 is 1. The monoisotopic (exact) mass is 528 g/mol. The highest BCUT2D eigenvalue weighted by atomic mass is 79.9. The summed E-state index contributed by atoms with van der Waals surface area (Å²) in [5, 5.41) is 9.38. The molecule has 0 spiro atoms. The lowest BCUT2D eigenvalue weighted by molar-refractivity contribution is 0.411. The van der Waals surface area contributed by atoms with Crippen molar-refractivity contribution >= 4 is 42.5 Å². The third kappa shape index (κ3) is 4.30. The number of rotatable bonds is 5. The van der Waals surface area contributed by atoms with Crippen LogP contribution < -0.4 is 15.0 Å². The number of halogens is 2. The molecular weight excluding hydrogens is 515 g/mol. The predicted molar refractivity (Wildman–Crippen MR) is 124 cm³/mol. The van der Waals surface area contributed by atoms with Gasteiger partial charge in [0.15, 0.2) is 0 Å². The van der Waals surface area contributed by atoms with Crippen LogP contribution in [0.15, 0.2) is 75.0 Å². The Kier molecular flexibility index (Phi) is 5.88. The SMILES string of the molecule is COc1cc(Br)c(F)cc1-n1c(=O)ccc2cc(S(=O)(=O)Nc3ccnc(C#N)c3)ccc21. The summed E-state index contributed by atoms with van der Waals surface area (Å²) in [6, 6.07) is 14.1. The molecule has 0 bridgehead atoms. The molecule has 0 fully saturated rings. The van der Waals surface area contributed by atoms with Crippen LogP contribution in [0.2, 0.25) is 0 Å². The van der Waals surface area contributed by atoms with Crippen molar-refractivity contribution in [3.63, 3.8) is 0 Å². The Morgan fingerprint density at radius 1 is 1.15 bits per heavy atom. The van der Waals surface area contributed by atoms with Gasteiger partial charge in [-0.1, -0.05) is 0 Å². The molecule has 0 saturated heterocycles. The Morgan fingerprint density at radius 2 is 1.94 bits per heavy atom. The Hall–Kier alpha value is -3.75. The van der Waals surface area contributed by atoms with Crippen LogP contribution >= 0.6 is 15.9 Å². The minimum atomic E-state index is -4.01. The first-order valence-electron chi connectivity index (χ1n) is 9.32. The smallest absolute Gasteiger partial charge is 0.261 e. The van der Waals surface area contributed by atoms with Crippen molar-refractivity contribution in [2.75, 3.05) is 11.8 Å². The van der Waals surface area contributed by atoms with E-state index in [-0.39, 0.29) is 32.2 Å². The number of nitrogens with zero attached hydrogens (tertiary/aromatic N) is 3. The number of nitriles is 1. The van der Waals surface area contributed by atoms with Gasteiger partial charge in [-0.05, 0) is 58.4 Å². The molecule has 0 amide bonds. The lowest BCUT2D eigenvalue weighted by Crippen LogP contribution is -2.19. The molecule has 1 N–H and O–H groups in total. The summed E-state index contributed by atoms with van der Waals surface area (Å²) in [7, 11) is -2.61. The summed E-state index contributed by atoms with van der Waals surface area (Å²) in [6.07, 6.45) is 1.32. The van der Waals surface area contributed by atoms with E-state index >= 15 is 0 Å². The third-order valence-corrected chi connectivity index (χ3v) is 6.75. The highest BCUT2D eigenvalue weighted by Gasteiger charge is 2.18. The maximum Gasteiger partial charge on any atom is 0.261 e. The lowest BCUT2D eigenvalue weighted by atomic mass is 10.2. The molecule has 0 radical (unpaired) electrons. The van der Waals surface area contributed by atoms with Crippen LogP contribution in [-0.4, -0.2) is 25.1 Å². The van der Waals surface area contributed by atoms with Crippen molar-refractivity contribution in [2.45, 2.75) is 4.90 Å². The average molecular weight is 529 g/mol. The lowest BCUT2D eigenvalue weighted by Gasteiger charge is -2.15. The van der Waals surface area contributed by atoms with Gasteiger partial charge in [0.25, 0.3) is 15.6 Å². The van der Waals surface area contributed by atoms with Gasteiger partial charge in [-0.25, -0.2) is 17.8 Å². The Labute approximate surface area is 196 Å². The summed E-state index contributed by atoms with van der Waals surface area (Å²) < 4.78 is 49.2. The van der Waals surface area contributed by atoms with Gasteiger partial charge in [-0.3, -0.25) is 14.1 Å². The second-order valence-electron chi connectivity index (χ2n) is 6.81. The van der Waals surface area contributed by atoms with E-state index in [1.807, 2.05) is 6.07 Å². The van der Waals surface area contributed by atoms with Crippen LogP contribution in [0, 0.1) is 17.1 Å². The number of anilines is 1. The second-order valence-corrected chi connectivity index (χ2v) is 9.35. The normalized spacial score (nSPS) is 11.2. The molecule has 2 aromatic carbocycles. The van der Waals surface area contributed by atoms with Crippen LogP contribution in [0.3, 0.4) is 0 Å². The second kappa shape index (κ2) is 8.65. The summed E-state index contributed by atoms with van der Waals surface area (Å²) in [5.41, 5.74) is 0.327. The summed E-state index contributed by atoms with van der Waals surface area (Å²) in [6.45, 7) is 0. The molecule has 0 aliphatic carbocycles. The molecule has 33 heavy (non-hydrogen) atoms. The highest BCUT2D eigenvalue weighted by Crippen LogP contribution is 2.31. The van der Waals surface area contributed by atoms with E-state index in [1.165, 1.54) is 66.4 Å². The van der Waals surface area contributed by atoms with Gasteiger partial charge in [-0.2, -0.15) is 5.26 Å². The quantitative estimate of drug-likeness (QED) is 0.419. The van der Waals surface area contributed by atoms with Crippen molar-refractivity contribution in [1.29, 1.82) is 5.26 Å². The molecule has 0 aliphatic rings. The van der Waals surface area contributed by atoms with E-state index in [4.69, 9.17) is 10.00 Å². The fourth-order valence-electron chi connectivity index (χ4n) is 3.27. The zero-order chi connectivity index (χ0) is 23.8. The molecule has 11 heteroatoms. The number of ether oxygens (including phenoxy) is 1. The topological polar surface area (TPSA) is 114 Å². The van der Waals surface area contributed by atoms with Crippen molar-refractivity contribution in [2.24, 2.45) is 0 Å². The van der Waals surface area contributed by atoms with E-state index in [0.29, 0.717) is 10.9 Å². The number of sulfonamides is 1. The molecule has 2 heterocycles. The van der Waals surface area contributed by atoms with Crippen molar-refractivity contribution in [3.05, 3.63) is 87.1 Å². The van der Waals surface area contributed by atoms with E-state index in [1.54, 1.807) is 0 Å². The first-order valence-corrected chi connectivity index (χ1v) is 11.6. The van der Waals surface area contributed by atoms with Gasteiger partial charge in [-0.15, -0.1) is 0 Å². The number of hydrogen-bond acceptors (Lipinski definition) is 6.